The molecule has 1 unspecified atom stereocenters. The Kier molecular flexibility index (Phi) is 12.3. The van der Waals surface area contributed by atoms with Gasteiger partial charge in [0.25, 0.3) is 5.91 Å². The van der Waals surface area contributed by atoms with Crippen molar-refractivity contribution >= 4 is 57.8 Å². The fourth-order valence-electron chi connectivity index (χ4n) is 4.24. The normalized spacial score (nSPS) is 11.5. The van der Waals surface area contributed by atoms with Crippen LogP contribution in [-0.4, -0.2) is 62.9 Å². The lowest BCUT2D eigenvalue weighted by Gasteiger charge is -2.19. The van der Waals surface area contributed by atoms with Crippen molar-refractivity contribution in [3.8, 4) is 6.07 Å². The molecule has 222 valence electrons. The van der Waals surface area contributed by atoms with E-state index in [1.54, 1.807) is 12.1 Å². The van der Waals surface area contributed by atoms with Crippen LogP contribution in [-0.2, 0) is 20.8 Å². The average Bonchev–Trinajstić information content (AvgIpc) is 2.93. The molecule has 0 saturated carbocycles. The Morgan fingerprint density at radius 3 is 2.12 bits per heavy atom. The van der Waals surface area contributed by atoms with Crippen LogP contribution in [0.25, 0.3) is 10.8 Å². The highest BCUT2D eigenvalue weighted by Crippen LogP contribution is 2.28. The summed E-state index contributed by atoms with van der Waals surface area (Å²) < 4.78 is 0. The number of rotatable bonds is 11. The molecule has 13 heteroatoms. The van der Waals surface area contributed by atoms with Gasteiger partial charge in [-0.2, -0.15) is 5.26 Å². The molecule has 42 heavy (non-hydrogen) atoms. The molecule has 0 saturated heterocycles. The van der Waals surface area contributed by atoms with Crippen molar-refractivity contribution in [2.45, 2.75) is 37.7 Å². The number of aliphatic hydroxyl groups is 1. The van der Waals surface area contributed by atoms with Crippen LogP contribution in [0.15, 0.2) is 48.5 Å². The van der Waals surface area contributed by atoms with E-state index in [1.807, 2.05) is 43.3 Å². The minimum atomic E-state index is -2.74. The second-order valence-corrected chi connectivity index (χ2v) is 10.1. The van der Waals surface area contributed by atoms with Gasteiger partial charge in [-0.25, -0.2) is 4.79 Å². The molecule has 3 aromatic rings. The molecular weight excluding hydrogens is 589 g/mol. The first-order valence-electron chi connectivity index (χ1n) is 12.5. The molecule has 0 aliphatic carbocycles. The number of amides is 1. The van der Waals surface area contributed by atoms with E-state index < -0.39 is 36.4 Å². The van der Waals surface area contributed by atoms with Crippen molar-refractivity contribution in [2.24, 2.45) is 5.73 Å². The highest BCUT2D eigenvalue weighted by Gasteiger charge is 2.40. The number of aliphatic carboxylic acids is 3. The lowest BCUT2D eigenvalue weighted by atomic mass is 9.92. The largest absolute Gasteiger partial charge is 0.481 e. The zero-order valence-corrected chi connectivity index (χ0v) is 23.9. The molecule has 7 N–H and O–H groups in total. The van der Waals surface area contributed by atoms with Crippen LogP contribution in [0, 0.1) is 11.3 Å². The van der Waals surface area contributed by atoms with Gasteiger partial charge in [0, 0.05) is 19.0 Å². The predicted molar refractivity (Wildman–Crippen MR) is 156 cm³/mol. The second kappa shape index (κ2) is 15.1. The standard InChI is InChI=1S/C23H21Cl2N3O.C6H8O7/c1-2-18-16(11-26)9-15-5-3-4-6-19(15)22(18)23(29)28-13-17(12-27)14-7-8-20(24)21(25)10-14;7-3(8)1-6(13,5(11)12)2-4(9)10/h3-10,17H,2,12-13,27H2,1H3,(H,28,29);13H,1-2H2,(H,7,8)(H,9,10)(H,11,12). The number of carbonyl (C=O) groups excluding carboxylic acids is 1. The molecule has 0 aliphatic rings. The number of carboxylic acid groups (broad SMARTS) is 3. The van der Waals surface area contributed by atoms with Crippen molar-refractivity contribution in [3.05, 3.63) is 80.8 Å². The summed E-state index contributed by atoms with van der Waals surface area (Å²) >= 11 is 12.1. The van der Waals surface area contributed by atoms with Crippen molar-refractivity contribution in [1.82, 2.24) is 5.32 Å². The minimum Gasteiger partial charge on any atom is -0.481 e. The Labute approximate surface area is 251 Å². The van der Waals surface area contributed by atoms with Crippen LogP contribution in [0.4, 0.5) is 0 Å². The van der Waals surface area contributed by atoms with Gasteiger partial charge in [0.2, 0.25) is 0 Å². The number of nitrogens with zero attached hydrogens (tertiary/aromatic N) is 1. The summed E-state index contributed by atoms with van der Waals surface area (Å²) in [4.78, 5) is 43.7. The first kappa shape index (κ1) is 34.0. The Morgan fingerprint density at radius 1 is 1.00 bits per heavy atom. The van der Waals surface area contributed by atoms with Crippen LogP contribution >= 0.6 is 23.2 Å². The first-order valence-corrected chi connectivity index (χ1v) is 13.3. The maximum atomic E-state index is 13.2. The monoisotopic (exact) mass is 617 g/mol. The van der Waals surface area contributed by atoms with Crippen LogP contribution in [0.2, 0.25) is 10.0 Å². The number of nitrogens with one attached hydrogen (secondary N) is 1. The fraction of sp³-hybridized carbons (Fsp3) is 0.276. The summed E-state index contributed by atoms with van der Waals surface area (Å²) in [6.45, 7) is 2.64. The SMILES string of the molecule is CCc1c(C#N)cc2ccccc2c1C(=O)NCC(CN)c1ccc(Cl)c(Cl)c1.O=C(O)CC(O)(CC(=O)O)C(=O)O. The maximum Gasteiger partial charge on any atom is 0.336 e. The van der Waals surface area contributed by atoms with Gasteiger partial charge in [0.1, 0.15) is 0 Å². The third kappa shape index (κ3) is 8.64. The molecule has 0 spiro atoms. The van der Waals surface area contributed by atoms with Gasteiger partial charge < -0.3 is 31.5 Å². The highest BCUT2D eigenvalue weighted by atomic mass is 35.5. The number of benzene rings is 3. The van der Waals surface area contributed by atoms with Crippen LogP contribution in [0.5, 0.6) is 0 Å². The second-order valence-electron chi connectivity index (χ2n) is 9.26. The number of nitriles is 1. The lowest BCUT2D eigenvalue weighted by molar-refractivity contribution is -0.170. The summed E-state index contributed by atoms with van der Waals surface area (Å²) in [6, 6.07) is 17.0. The summed E-state index contributed by atoms with van der Waals surface area (Å²) in [5, 5.41) is 49.0. The topological polar surface area (TPSA) is 211 Å². The predicted octanol–water partition coefficient (Wildman–Crippen LogP) is 3.80. The van der Waals surface area contributed by atoms with E-state index in [4.69, 9.17) is 49.4 Å². The Morgan fingerprint density at radius 2 is 1.62 bits per heavy atom. The summed E-state index contributed by atoms with van der Waals surface area (Å²) in [5.74, 6) is -5.34. The van der Waals surface area contributed by atoms with Crippen LogP contribution in [0.1, 0.15) is 52.7 Å². The minimum absolute atomic E-state index is 0.107. The molecule has 11 nitrogen and oxygen atoms in total. The van der Waals surface area contributed by atoms with Crippen LogP contribution < -0.4 is 11.1 Å². The fourth-order valence-corrected chi connectivity index (χ4v) is 4.55. The van der Waals surface area contributed by atoms with Crippen molar-refractivity contribution in [1.29, 1.82) is 5.26 Å². The van der Waals surface area contributed by atoms with Gasteiger partial charge in [-0.1, -0.05) is 60.5 Å². The van der Waals surface area contributed by atoms with Gasteiger partial charge in [-0.15, -0.1) is 0 Å². The summed E-state index contributed by atoms with van der Waals surface area (Å²) in [5.41, 5.74) is 5.94. The van der Waals surface area contributed by atoms with E-state index in [-0.39, 0.29) is 11.8 Å². The van der Waals surface area contributed by atoms with Crippen molar-refractivity contribution < 1.29 is 39.6 Å². The van der Waals surface area contributed by atoms with Crippen LogP contribution in [0.3, 0.4) is 0 Å². The maximum absolute atomic E-state index is 13.2. The number of nitrogens with two attached hydrogens (primary N) is 1. The van der Waals surface area contributed by atoms with E-state index in [1.165, 1.54) is 0 Å². The molecule has 0 fully saturated rings. The Bertz CT molecular complexity index is 1520. The van der Waals surface area contributed by atoms with E-state index in [0.29, 0.717) is 40.7 Å². The van der Waals surface area contributed by atoms with Gasteiger partial charge in [0.05, 0.1) is 40.1 Å². The summed E-state index contributed by atoms with van der Waals surface area (Å²) in [7, 11) is 0. The highest BCUT2D eigenvalue weighted by molar-refractivity contribution is 6.42. The molecule has 0 aliphatic heterocycles. The molecular formula is C29H29Cl2N3O8. The Balaban J connectivity index is 0.000000401. The number of carbonyl (C=O) groups is 4. The quantitative estimate of drug-likeness (QED) is 0.183. The molecule has 0 bridgehead atoms. The summed E-state index contributed by atoms with van der Waals surface area (Å²) in [6.07, 6.45) is -1.70. The third-order valence-electron chi connectivity index (χ3n) is 6.35. The molecule has 0 aromatic heterocycles. The van der Waals surface area contributed by atoms with Gasteiger partial charge >= 0.3 is 17.9 Å². The zero-order chi connectivity index (χ0) is 31.6. The number of carboxylic acids is 3. The Hall–Kier alpha value is -4.21. The number of hydrogen-bond acceptors (Lipinski definition) is 7. The van der Waals surface area contributed by atoms with E-state index in [2.05, 4.69) is 11.4 Å². The zero-order valence-electron chi connectivity index (χ0n) is 22.4. The number of fused-ring (bicyclic) bond motifs is 1. The number of halogens is 2. The van der Waals surface area contributed by atoms with E-state index in [0.717, 1.165) is 21.9 Å². The molecule has 0 heterocycles. The molecule has 3 aromatic carbocycles. The molecule has 1 atom stereocenters. The van der Waals surface area contributed by atoms with Crippen molar-refractivity contribution in [3.63, 3.8) is 0 Å². The molecule has 3 rings (SSSR count). The molecule has 0 radical (unpaired) electrons. The van der Waals surface area contributed by atoms with Crippen molar-refractivity contribution in [2.75, 3.05) is 13.1 Å². The first-order chi connectivity index (χ1) is 19.8. The lowest BCUT2D eigenvalue weighted by Crippen LogP contribution is -2.42. The number of hydrogen-bond donors (Lipinski definition) is 6. The van der Waals surface area contributed by atoms with E-state index in [9.17, 15) is 24.4 Å². The van der Waals surface area contributed by atoms with Gasteiger partial charge in [0.15, 0.2) is 5.60 Å². The average molecular weight is 618 g/mol. The van der Waals surface area contributed by atoms with Gasteiger partial charge in [-0.3, -0.25) is 14.4 Å². The third-order valence-corrected chi connectivity index (χ3v) is 7.09. The molecule has 1 amide bonds. The van der Waals surface area contributed by atoms with E-state index >= 15 is 0 Å². The smallest absolute Gasteiger partial charge is 0.336 e. The van der Waals surface area contributed by atoms with Gasteiger partial charge in [-0.05, 0) is 46.5 Å².